The fourth-order valence-electron chi connectivity index (χ4n) is 3.33. The average molecular weight is 478 g/mol. The second-order valence-electron chi connectivity index (χ2n) is 7.55. The van der Waals surface area contributed by atoms with Crippen molar-refractivity contribution < 1.29 is 14.1 Å². The largest absolute Gasteiger partial charge is 0.325 e. The molecule has 0 saturated carbocycles. The number of anilines is 1. The van der Waals surface area contributed by atoms with Crippen LogP contribution < -0.4 is 5.32 Å². The van der Waals surface area contributed by atoms with Gasteiger partial charge in [0.1, 0.15) is 5.82 Å². The van der Waals surface area contributed by atoms with E-state index in [-0.39, 0.29) is 17.3 Å². The molecule has 0 saturated heterocycles. The van der Waals surface area contributed by atoms with Crippen molar-refractivity contribution in [3.05, 3.63) is 93.8 Å². The molecule has 0 aliphatic rings. The van der Waals surface area contributed by atoms with Crippen molar-refractivity contribution in [1.29, 1.82) is 0 Å². The number of amides is 1. The number of halogens is 1. The molecule has 8 nitrogen and oxygen atoms in total. The molecule has 0 spiro atoms. The number of carbonyl (C=O) groups is 1. The van der Waals surface area contributed by atoms with E-state index in [9.17, 15) is 19.3 Å². The topological polar surface area (TPSA) is 103 Å². The number of thioether (sulfide) groups is 1. The molecule has 172 valence electrons. The molecule has 4 rings (SSSR count). The predicted octanol–water partition coefficient (Wildman–Crippen LogP) is 5.33. The number of nitro benzene ring substituents is 1. The Balaban J connectivity index is 1.58. The van der Waals surface area contributed by atoms with Gasteiger partial charge in [-0.15, -0.1) is 10.2 Å². The Bertz CT molecular complexity index is 1370. The average Bonchev–Trinajstić information content (AvgIpc) is 3.23. The Morgan fingerprint density at radius 2 is 1.82 bits per heavy atom. The molecule has 0 radical (unpaired) electrons. The lowest BCUT2D eigenvalue weighted by Crippen LogP contribution is -2.15. The van der Waals surface area contributed by atoms with Gasteiger partial charge in [0, 0.05) is 23.5 Å². The Hall–Kier alpha value is -4.05. The third kappa shape index (κ3) is 4.96. The monoisotopic (exact) mass is 477 g/mol. The van der Waals surface area contributed by atoms with E-state index in [0.29, 0.717) is 27.8 Å². The highest BCUT2D eigenvalue weighted by molar-refractivity contribution is 7.99. The van der Waals surface area contributed by atoms with Gasteiger partial charge in [0.15, 0.2) is 11.0 Å². The number of carbonyl (C=O) groups excluding carboxylic acids is 1. The van der Waals surface area contributed by atoms with E-state index in [2.05, 4.69) is 15.5 Å². The number of nitrogens with zero attached hydrogens (tertiary/aromatic N) is 4. The number of aromatic nitrogens is 3. The van der Waals surface area contributed by atoms with Crippen molar-refractivity contribution >= 4 is 29.0 Å². The number of hydrogen-bond acceptors (Lipinski definition) is 6. The van der Waals surface area contributed by atoms with Gasteiger partial charge in [-0.25, -0.2) is 4.39 Å². The molecule has 4 aromatic rings. The fourth-order valence-corrected chi connectivity index (χ4v) is 4.08. The highest BCUT2D eigenvalue weighted by atomic mass is 32.2. The maximum absolute atomic E-state index is 14.5. The normalized spacial score (nSPS) is 10.8. The number of nitro groups is 1. The molecule has 0 aliphatic carbocycles. The van der Waals surface area contributed by atoms with E-state index in [4.69, 9.17) is 0 Å². The Labute approximate surface area is 199 Å². The summed E-state index contributed by atoms with van der Waals surface area (Å²) >= 11 is 1.16. The summed E-state index contributed by atoms with van der Waals surface area (Å²) in [5.74, 6) is -0.396. The standard InChI is InChI=1S/C24H20FN5O3S/c1-15-7-9-17(10-8-15)29-23(19-5-3-4-6-20(19)25)27-28-24(29)34-14-22(31)26-21-12-11-18(30(32)33)13-16(21)2/h3-13H,14H2,1-2H3,(H,26,31). The van der Waals surface area contributed by atoms with Crippen molar-refractivity contribution in [2.24, 2.45) is 0 Å². The van der Waals surface area contributed by atoms with Gasteiger partial charge >= 0.3 is 0 Å². The van der Waals surface area contributed by atoms with Crippen LogP contribution in [0.25, 0.3) is 17.1 Å². The van der Waals surface area contributed by atoms with Crippen LogP contribution in [0.1, 0.15) is 11.1 Å². The summed E-state index contributed by atoms with van der Waals surface area (Å²) in [4.78, 5) is 23.0. The SMILES string of the molecule is Cc1ccc(-n2c(SCC(=O)Nc3ccc([N+](=O)[O-])cc3C)nnc2-c2ccccc2F)cc1. The summed E-state index contributed by atoms with van der Waals surface area (Å²) in [7, 11) is 0. The molecular weight excluding hydrogens is 457 g/mol. The lowest BCUT2D eigenvalue weighted by atomic mass is 10.2. The lowest BCUT2D eigenvalue weighted by molar-refractivity contribution is -0.384. The number of rotatable bonds is 7. The molecule has 0 unspecified atom stereocenters. The van der Waals surface area contributed by atoms with Crippen molar-refractivity contribution in [3.8, 4) is 17.1 Å². The minimum Gasteiger partial charge on any atom is -0.325 e. The van der Waals surface area contributed by atoms with E-state index in [0.717, 1.165) is 23.0 Å². The van der Waals surface area contributed by atoms with Crippen LogP contribution >= 0.6 is 11.8 Å². The molecule has 34 heavy (non-hydrogen) atoms. The van der Waals surface area contributed by atoms with E-state index >= 15 is 0 Å². The summed E-state index contributed by atoms with van der Waals surface area (Å²) in [6.45, 7) is 3.65. The molecule has 10 heteroatoms. The summed E-state index contributed by atoms with van der Waals surface area (Å²) < 4.78 is 16.2. The summed E-state index contributed by atoms with van der Waals surface area (Å²) in [6.07, 6.45) is 0. The number of benzene rings is 3. The zero-order valence-corrected chi connectivity index (χ0v) is 19.2. The zero-order valence-electron chi connectivity index (χ0n) is 18.4. The first-order valence-corrected chi connectivity index (χ1v) is 11.3. The van der Waals surface area contributed by atoms with Gasteiger partial charge in [0.2, 0.25) is 5.91 Å². The van der Waals surface area contributed by atoms with E-state index in [1.165, 1.54) is 24.3 Å². The van der Waals surface area contributed by atoms with Crippen molar-refractivity contribution in [3.63, 3.8) is 0 Å². The maximum Gasteiger partial charge on any atom is 0.269 e. The van der Waals surface area contributed by atoms with E-state index in [1.807, 2.05) is 31.2 Å². The Kier molecular flexibility index (Phi) is 6.69. The van der Waals surface area contributed by atoms with Gasteiger partial charge < -0.3 is 5.32 Å². The molecule has 1 heterocycles. The highest BCUT2D eigenvalue weighted by Gasteiger charge is 2.20. The molecule has 3 aromatic carbocycles. The number of non-ortho nitro benzene ring substituents is 1. The molecular formula is C24H20FN5O3S. The van der Waals surface area contributed by atoms with Gasteiger partial charge in [-0.05, 0) is 49.7 Å². The minimum absolute atomic E-state index is 0.0116. The zero-order chi connectivity index (χ0) is 24.2. The summed E-state index contributed by atoms with van der Waals surface area (Å²) in [6, 6.07) is 18.2. The molecule has 0 atom stereocenters. The summed E-state index contributed by atoms with van der Waals surface area (Å²) in [5.41, 5.74) is 3.13. The van der Waals surface area contributed by atoms with Crippen LogP contribution in [0.3, 0.4) is 0 Å². The highest BCUT2D eigenvalue weighted by Crippen LogP contribution is 2.30. The van der Waals surface area contributed by atoms with Crippen LogP contribution in [0.2, 0.25) is 0 Å². The number of hydrogen-bond donors (Lipinski definition) is 1. The minimum atomic E-state index is -0.487. The van der Waals surface area contributed by atoms with Gasteiger partial charge in [-0.2, -0.15) is 0 Å². The molecule has 1 amide bonds. The van der Waals surface area contributed by atoms with Crippen LogP contribution in [-0.4, -0.2) is 31.3 Å². The smallest absolute Gasteiger partial charge is 0.269 e. The fraction of sp³-hybridized carbons (Fsp3) is 0.125. The molecule has 0 aliphatic heterocycles. The second-order valence-corrected chi connectivity index (χ2v) is 8.49. The quantitative estimate of drug-likeness (QED) is 0.219. The number of nitrogens with one attached hydrogen (secondary N) is 1. The molecule has 0 fully saturated rings. The Morgan fingerprint density at radius 3 is 2.50 bits per heavy atom. The third-order valence-electron chi connectivity index (χ3n) is 5.07. The Morgan fingerprint density at radius 1 is 1.09 bits per heavy atom. The molecule has 1 aromatic heterocycles. The van der Waals surface area contributed by atoms with Gasteiger partial charge in [0.25, 0.3) is 5.69 Å². The van der Waals surface area contributed by atoms with Crippen molar-refractivity contribution in [1.82, 2.24) is 14.8 Å². The lowest BCUT2D eigenvalue weighted by Gasteiger charge is -2.12. The molecule has 1 N–H and O–H groups in total. The first kappa shape index (κ1) is 23.1. The van der Waals surface area contributed by atoms with Crippen LogP contribution in [-0.2, 0) is 4.79 Å². The van der Waals surface area contributed by atoms with Crippen LogP contribution in [0.4, 0.5) is 15.8 Å². The summed E-state index contributed by atoms with van der Waals surface area (Å²) in [5, 5.41) is 22.5. The van der Waals surface area contributed by atoms with E-state index in [1.54, 1.807) is 29.7 Å². The van der Waals surface area contributed by atoms with Crippen molar-refractivity contribution in [2.75, 3.05) is 11.1 Å². The third-order valence-corrected chi connectivity index (χ3v) is 6.00. The van der Waals surface area contributed by atoms with Gasteiger partial charge in [0.05, 0.1) is 16.2 Å². The van der Waals surface area contributed by atoms with Crippen molar-refractivity contribution in [2.45, 2.75) is 19.0 Å². The van der Waals surface area contributed by atoms with Crippen LogP contribution in [0, 0.1) is 29.8 Å². The number of aryl methyl sites for hydroxylation is 2. The first-order valence-electron chi connectivity index (χ1n) is 10.3. The second kappa shape index (κ2) is 9.84. The van der Waals surface area contributed by atoms with E-state index < -0.39 is 10.7 Å². The van der Waals surface area contributed by atoms with Gasteiger partial charge in [-0.3, -0.25) is 19.5 Å². The van der Waals surface area contributed by atoms with Gasteiger partial charge in [-0.1, -0.05) is 41.6 Å². The van der Waals surface area contributed by atoms with Crippen LogP contribution in [0.5, 0.6) is 0 Å². The first-order chi connectivity index (χ1) is 16.3. The maximum atomic E-state index is 14.5. The predicted molar refractivity (Wildman–Crippen MR) is 129 cm³/mol. The molecule has 0 bridgehead atoms. The van der Waals surface area contributed by atoms with Crippen LogP contribution in [0.15, 0.2) is 71.9 Å².